The van der Waals surface area contributed by atoms with Crippen LogP contribution in [0.25, 0.3) is 21.5 Å². The topological polar surface area (TPSA) is 42.0 Å². The number of hydrogen-bond donors (Lipinski definition) is 1. The number of para-hydroxylation sites is 1. The number of aromatic nitrogens is 1. The number of carbonyl (C=O) groups excluding carboxylic acids is 1. The van der Waals surface area contributed by atoms with E-state index in [4.69, 9.17) is 4.98 Å². The molecule has 26 heavy (non-hydrogen) atoms. The number of pyridine rings is 1. The molecule has 3 nitrogen and oxygen atoms in total. The Morgan fingerprint density at radius 1 is 1.15 bits per heavy atom. The van der Waals surface area contributed by atoms with Crippen molar-refractivity contribution in [3.8, 4) is 10.6 Å². The molecule has 4 rings (SSSR count). The highest BCUT2D eigenvalue weighted by molar-refractivity contribution is 7.13. The quantitative estimate of drug-likeness (QED) is 0.602. The number of amides is 1. The Bertz CT molecular complexity index is 944. The minimum absolute atomic E-state index is 0.0159. The summed E-state index contributed by atoms with van der Waals surface area (Å²) in [7, 11) is 0. The number of carbonyl (C=O) groups is 1. The lowest BCUT2D eigenvalue weighted by Gasteiger charge is -2.14. The fourth-order valence-electron chi connectivity index (χ4n) is 3.48. The number of allylic oxidation sites excluding steroid dienone is 1. The Morgan fingerprint density at radius 3 is 2.88 bits per heavy atom. The molecule has 0 bridgehead atoms. The molecular formula is C22H22N2OS. The van der Waals surface area contributed by atoms with Crippen LogP contribution in [0.3, 0.4) is 0 Å². The normalized spacial score (nSPS) is 14.2. The Morgan fingerprint density at radius 2 is 2.08 bits per heavy atom. The molecule has 0 aliphatic heterocycles. The number of rotatable bonds is 5. The molecule has 0 saturated heterocycles. The van der Waals surface area contributed by atoms with Crippen molar-refractivity contribution in [1.29, 1.82) is 0 Å². The lowest BCUT2D eigenvalue weighted by atomic mass is 9.97. The van der Waals surface area contributed by atoms with Gasteiger partial charge in [-0.3, -0.25) is 4.79 Å². The molecule has 0 spiro atoms. The number of hydrogen-bond acceptors (Lipinski definition) is 3. The molecule has 1 aliphatic rings. The number of benzene rings is 1. The molecule has 3 aromatic rings. The van der Waals surface area contributed by atoms with Gasteiger partial charge in [0.2, 0.25) is 0 Å². The zero-order valence-corrected chi connectivity index (χ0v) is 15.5. The van der Waals surface area contributed by atoms with Gasteiger partial charge in [-0.25, -0.2) is 4.98 Å². The van der Waals surface area contributed by atoms with E-state index in [2.05, 4.69) is 11.4 Å². The van der Waals surface area contributed by atoms with E-state index in [9.17, 15) is 4.79 Å². The summed E-state index contributed by atoms with van der Waals surface area (Å²) in [6, 6.07) is 13.8. The number of nitrogens with zero attached hydrogens (tertiary/aromatic N) is 1. The van der Waals surface area contributed by atoms with Gasteiger partial charge in [0.05, 0.1) is 21.7 Å². The molecule has 0 fully saturated rings. The molecule has 132 valence electrons. The van der Waals surface area contributed by atoms with Gasteiger partial charge in [0.25, 0.3) is 5.91 Å². The van der Waals surface area contributed by atoms with Crippen molar-refractivity contribution < 1.29 is 4.79 Å². The minimum Gasteiger partial charge on any atom is -0.352 e. The van der Waals surface area contributed by atoms with Crippen LogP contribution in [0.15, 0.2) is 59.5 Å². The highest BCUT2D eigenvalue weighted by Gasteiger charge is 2.14. The first-order valence-electron chi connectivity index (χ1n) is 9.21. The fourth-order valence-corrected chi connectivity index (χ4v) is 4.16. The number of fused-ring (bicyclic) bond motifs is 1. The van der Waals surface area contributed by atoms with Crippen LogP contribution < -0.4 is 5.32 Å². The van der Waals surface area contributed by atoms with Crippen LogP contribution in [0.5, 0.6) is 0 Å². The van der Waals surface area contributed by atoms with Crippen LogP contribution >= 0.6 is 11.3 Å². The van der Waals surface area contributed by atoms with E-state index in [0.717, 1.165) is 27.9 Å². The van der Waals surface area contributed by atoms with Gasteiger partial charge in [0.1, 0.15) is 0 Å². The third-order valence-electron chi connectivity index (χ3n) is 4.85. The second-order valence-electron chi connectivity index (χ2n) is 6.66. The molecule has 1 amide bonds. The Balaban J connectivity index is 1.57. The standard InChI is InChI=1S/C22H22N2OS/c25-22(23-13-12-16-7-2-1-3-8-16)18-15-20(21-11-6-14-26-21)24-19-10-5-4-9-17(18)19/h4-7,9-11,14-15H,1-3,8,12-13H2,(H,23,25). The average molecular weight is 362 g/mol. The molecule has 4 heteroatoms. The fraction of sp³-hybridized carbons (Fsp3) is 0.273. The van der Waals surface area contributed by atoms with Gasteiger partial charge >= 0.3 is 0 Å². The third-order valence-corrected chi connectivity index (χ3v) is 5.74. The van der Waals surface area contributed by atoms with Crippen LogP contribution in [0, 0.1) is 0 Å². The van der Waals surface area contributed by atoms with E-state index in [1.807, 2.05) is 47.8 Å². The van der Waals surface area contributed by atoms with Crippen molar-refractivity contribution in [2.24, 2.45) is 0 Å². The molecule has 1 N–H and O–H groups in total. The molecular weight excluding hydrogens is 340 g/mol. The van der Waals surface area contributed by atoms with Crippen LogP contribution in [-0.4, -0.2) is 17.4 Å². The van der Waals surface area contributed by atoms with Crippen molar-refractivity contribution >= 4 is 28.1 Å². The van der Waals surface area contributed by atoms with Gasteiger partial charge in [-0.15, -0.1) is 11.3 Å². The monoisotopic (exact) mass is 362 g/mol. The molecule has 0 atom stereocenters. The maximum absolute atomic E-state index is 12.9. The Kier molecular flexibility index (Phi) is 5.12. The Hall–Kier alpha value is -2.46. The highest BCUT2D eigenvalue weighted by Crippen LogP contribution is 2.28. The maximum atomic E-state index is 12.9. The summed E-state index contributed by atoms with van der Waals surface area (Å²) in [6.45, 7) is 0.690. The molecule has 0 saturated carbocycles. The van der Waals surface area contributed by atoms with Crippen LogP contribution in [0.1, 0.15) is 42.5 Å². The highest BCUT2D eigenvalue weighted by atomic mass is 32.1. The molecule has 2 heterocycles. The summed E-state index contributed by atoms with van der Waals surface area (Å²) in [5.41, 5.74) is 3.91. The van der Waals surface area contributed by atoms with Gasteiger partial charge in [0.15, 0.2) is 0 Å². The molecule has 2 aromatic heterocycles. The number of thiophene rings is 1. The van der Waals surface area contributed by atoms with E-state index < -0.39 is 0 Å². The summed E-state index contributed by atoms with van der Waals surface area (Å²) in [5.74, 6) is -0.0159. The average Bonchev–Trinajstić information content (AvgIpc) is 3.23. The van der Waals surface area contributed by atoms with Crippen LogP contribution in [-0.2, 0) is 0 Å². The first kappa shape index (κ1) is 17.0. The predicted molar refractivity (Wildman–Crippen MR) is 109 cm³/mol. The second kappa shape index (κ2) is 7.83. The van der Waals surface area contributed by atoms with Crippen molar-refractivity contribution in [2.75, 3.05) is 6.54 Å². The first-order valence-corrected chi connectivity index (χ1v) is 10.1. The first-order chi connectivity index (χ1) is 12.8. The van der Waals surface area contributed by atoms with E-state index >= 15 is 0 Å². The largest absolute Gasteiger partial charge is 0.352 e. The van der Waals surface area contributed by atoms with Gasteiger partial charge in [-0.1, -0.05) is 35.9 Å². The van der Waals surface area contributed by atoms with E-state index in [0.29, 0.717) is 12.1 Å². The van der Waals surface area contributed by atoms with Gasteiger partial charge in [-0.05, 0) is 55.7 Å². The summed E-state index contributed by atoms with van der Waals surface area (Å²) in [5, 5.41) is 6.04. The SMILES string of the molecule is O=C(NCCC1=CCCCC1)c1cc(-c2cccs2)nc2ccccc12. The maximum Gasteiger partial charge on any atom is 0.252 e. The third kappa shape index (κ3) is 3.70. The van der Waals surface area contributed by atoms with E-state index in [-0.39, 0.29) is 5.91 Å². The van der Waals surface area contributed by atoms with Gasteiger partial charge < -0.3 is 5.32 Å². The molecule has 0 radical (unpaired) electrons. The summed E-state index contributed by atoms with van der Waals surface area (Å²) in [6.07, 6.45) is 8.22. The lowest BCUT2D eigenvalue weighted by Crippen LogP contribution is -2.25. The summed E-state index contributed by atoms with van der Waals surface area (Å²) in [4.78, 5) is 18.7. The van der Waals surface area contributed by atoms with Crippen molar-refractivity contribution in [1.82, 2.24) is 10.3 Å². The van der Waals surface area contributed by atoms with Gasteiger partial charge in [0, 0.05) is 11.9 Å². The van der Waals surface area contributed by atoms with E-state index in [1.165, 1.54) is 31.3 Å². The van der Waals surface area contributed by atoms with Crippen LogP contribution in [0.2, 0.25) is 0 Å². The second-order valence-corrected chi connectivity index (χ2v) is 7.61. The summed E-state index contributed by atoms with van der Waals surface area (Å²) < 4.78 is 0. The zero-order chi connectivity index (χ0) is 17.8. The zero-order valence-electron chi connectivity index (χ0n) is 14.7. The summed E-state index contributed by atoms with van der Waals surface area (Å²) >= 11 is 1.64. The molecule has 1 aliphatic carbocycles. The minimum atomic E-state index is -0.0159. The van der Waals surface area contributed by atoms with Crippen LogP contribution in [0.4, 0.5) is 0 Å². The van der Waals surface area contributed by atoms with Crippen molar-refractivity contribution in [3.05, 3.63) is 65.1 Å². The van der Waals surface area contributed by atoms with E-state index in [1.54, 1.807) is 11.3 Å². The van der Waals surface area contributed by atoms with Crippen molar-refractivity contribution in [3.63, 3.8) is 0 Å². The molecule has 1 aromatic carbocycles. The number of nitrogens with one attached hydrogen (secondary N) is 1. The predicted octanol–water partition coefficient (Wildman–Crippen LogP) is 5.58. The lowest BCUT2D eigenvalue weighted by molar-refractivity contribution is 0.0955. The Labute approximate surface area is 157 Å². The molecule has 0 unspecified atom stereocenters. The van der Waals surface area contributed by atoms with Crippen molar-refractivity contribution in [2.45, 2.75) is 32.1 Å². The van der Waals surface area contributed by atoms with Gasteiger partial charge in [-0.2, -0.15) is 0 Å². The smallest absolute Gasteiger partial charge is 0.252 e.